The Balaban J connectivity index is 1.96. The molecule has 0 bridgehead atoms. The third kappa shape index (κ3) is 3.36. The highest BCUT2D eigenvalue weighted by molar-refractivity contribution is 5.19. The average molecular weight is 231 g/mol. The summed E-state index contributed by atoms with van der Waals surface area (Å²) < 4.78 is 13.0. The maximum atomic E-state index is 13.0. The van der Waals surface area contributed by atoms with Crippen molar-refractivity contribution >= 4 is 0 Å². The van der Waals surface area contributed by atoms with Gasteiger partial charge in [0.15, 0.2) is 0 Å². The van der Waals surface area contributed by atoms with Crippen LogP contribution in [0.4, 0.5) is 4.39 Å². The van der Waals surface area contributed by atoms with Gasteiger partial charge in [-0.1, -0.05) is 12.1 Å². The number of aliphatic hydroxyl groups is 1. The number of halogens is 1. The van der Waals surface area contributed by atoms with Gasteiger partial charge in [-0.2, -0.15) is 0 Å². The van der Waals surface area contributed by atoms with Crippen molar-refractivity contribution in [1.82, 2.24) is 4.98 Å². The van der Waals surface area contributed by atoms with Gasteiger partial charge in [0.2, 0.25) is 0 Å². The van der Waals surface area contributed by atoms with Gasteiger partial charge in [-0.25, -0.2) is 4.39 Å². The zero-order chi connectivity index (χ0) is 12.1. The number of aliphatic hydroxyl groups excluding tert-OH is 1. The Morgan fingerprint density at radius 2 is 1.94 bits per heavy atom. The summed E-state index contributed by atoms with van der Waals surface area (Å²) in [4.78, 5) is 3.93. The molecule has 0 saturated heterocycles. The molecular weight excluding hydrogens is 217 g/mol. The molecule has 88 valence electrons. The molecule has 1 N–H and O–H groups in total. The number of hydrogen-bond acceptors (Lipinski definition) is 2. The molecule has 0 aliphatic carbocycles. The Kier molecular flexibility index (Phi) is 3.83. The van der Waals surface area contributed by atoms with E-state index in [0.29, 0.717) is 12.0 Å². The smallest absolute Gasteiger partial charge is 0.123 e. The van der Waals surface area contributed by atoms with E-state index < -0.39 is 6.10 Å². The largest absolute Gasteiger partial charge is 0.388 e. The quantitative estimate of drug-likeness (QED) is 0.877. The van der Waals surface area contributed by atoms with Crippen LogP contribution in [0.1, 0.15) is 23.7 Å². The lowest BCUT2D eigenvalue weighted by atomic mass is 10.0. The first kappa shape index (κ1) is 11.7. The Labute approximate surface area is 99.8 Å². The number of pyridine rings is 1. The topological polar surface area (TPSA) is 33.1 Å². The van der Waals surface area contributed by atoms with Crippen LogP contribution in [0, 0.1) is 5.82 Å². The highest BCUT2D eigenvalue weighted by Crippen LogP contribution is 2.19. The minimum absolute atomic E-state index is 0.314. The zero-order valence-corrected chi connectivity index (χ0v) is 9.38. The molecule has 0 fully saturated rings. The van der Waals surface area contributed by atoms with Crippen molar-refractivity contribution in [3.8, 4) is 0 Å². The van der Waals surface area contributed by atoms with E-state index >= 15 is 0 Å². The summed E-state index contributed by atoms with van der Waals surface area (Å²) in [5, 5.41) is 9.92. The normalized spacial score (nSPS) is 12.4. The van der Waals surface area contributed by atoms with Crippen molar-refractivity contribution in [2.24, 2.45) is 0 Å². The molecule has 1 aromatic carbocycles. The van der Waals surface area contributed by atoms with Gasteiger partial charge in [0.05, 0.1) is 6.10 Å². The second-order valence-electron chi connectivity index (χ2n) is 3.96. The monoisotopic (exact) mass is 231 g/mol. The van der Waals surface area contributed by atoms with Crippen LogP contribution in [0.3, 0.4) is 0 Å². The maximum Gasteiger partial charge on any atom is 0.123 e. The van der Waals surface area contributed by atoms with Crippen molar-refractivity contribution in [3.63, 3.8) is 0 Å². The Morgan fingerprint density at radius 3 is 2.65 bits per heavy atom. The highest BCUT2D eigenvalue weighted by atomic mass is 19.1. The molecule has 0 aliphatic heterocycles. The molecule has 0 aliphatic rings. The van der Waals surface area contributed by atoms with Crippen molar-refractivity contribution in [2.75, 3.05) is 0 Å². The summed E-state index contributed by atoms with van der Waals surface area (Å²) in [5.74, 6) is -0.314. The van der Waals surface area contributed by atoms with Gasteiger partial charge in [-0.05, 0) is 48.2 Å². The predicted molar refractivity (Wildman–Crippen MR) is 63.9 cm³/mol. The minimum Gasteiger partial charge on any atom is -0.388 e. The number of aromatic nitrogens is 1. The number of hydrogen-bond donors (Lipinski definition) is 1. The molecule has 0 spiro atoms. The highest BCUT2D eigenvalue weighted by Gasteiger charge is 2.08. The van der Waals surface area contributed by atoms with Crippen LogP contribution in [-0.2, 0) is 6.42 Å². The summed E-state index contributed by atoms with van der Waals surface area (Å²) in [7, 11) is 0. The van der Waals surface area contributed by atoms with Crippen LogP contribution in [0.2, 0.25) is 0 Å². The minimum atomic E-state index is -0.626. The molecule has 0 saturated carbocycles. The van der Waals surface area contributed by atoms with Crippen molar-refractivity contribution in [1.29, 1.82) is 0 Å². The van der Waals surface area contributed by atoms with Crippen LogP contribution in [0.25, 0.3) is 0 Å². The summed E-state index contributed by atoms with van der Waals surface area (Å²) in [6, 6.07) is 9.92. The molecule has 0 radical (unpaired) electrons. The van der Waals surface area contributed by atoms with Crippen LogP contribution < -0.4 is 0 Å². The molecule has 2 nitrogen and oxygen atoms in total. The summed E-state index contributed by atoms with van der Waals surface area (Å²) >= 11 is 0. The van der Waals surface area contributed by atoms with Gasteiger partial charge in [-0.15, -0.1) is 0 Å². The van der Waals surface area contributed by atoms with Gasteiger partial charge >= 0.3 is 0 Å². The molecule has 1 aromatic heterocycles. The fourth-order valence-electron chi connectivity index (χ4n) is 1.73. The third-order valence-electron chi connectivity index (χ3n) is 2.69. The molecule has 17 heavy (non-hydrogen) atoms. The first-order valence-corrected chi connectivity index (χ1v) is 5.58. The van der Waals surface area contributed by atoms with Crippen molar-refractivity contribution < 1.29 is 9.50 Å². The number of benzene rings is 1. The van der Waals surface area contributed by atoms with Crippen LogP contribution >= 0.6 is 0 Å². The van der Waals surface area contributed by atoms with E-state index in [-0.39, 0.29) is 5.82 Å². The van der Waals surface area contributed by atoms with Crippen molar-refractivity contribution in [3.05, 3.63) is 65.7 Å². The second kappa shape index (κ2) is 5.55. The van der Waals surface area contributed by atoms with Gasteiger partial charge in [0.25, 0.3) is 0 Å². The molecule has 2 rings (SSSR count). The SMILES string of the molecule is OC(CCc1ccncc1)c1cccc(F)c1. The first-order chi connectivity index (χ1) is 8.25. The van der Waals surface area contributed by atoms with E-state index in [1.165, 1.54) is 12.1 Å². The average Bonchev–Trinajstić information content (AvgIpc) is 2.37. The fraction of sp³-hybridized carbons (Fsp3) is 0.214. The number of nitrogens with zero attached hydrogens (tertiary/aromatic N) is 1. The van der Waals surface area contributed by atoms with E-state index in [4.69, 9.17) is 0 Å². The molecule has 1 heterocycles. The van der Waals surface area contributed by atoms with E-state index in [1.54, 1.807) is 24.5 Å². The molecule has 3 heteroatoms. The van der Waals surface area contributed by atoms with Crippen LogP contribution in [0.15, 0.2) is 48.8 Å². The number of aryl methyl sites for hydroxylation is 1. The lowest BCUT2D eigenvalue weighted by Gasteiger charge is -2.10. The molecule has 1 atom stereocenters. The lowest BCUT2D eigenvalue weighted by Crippen LogP contribution is -2.00. The van der Waals surface area contributed by atoms with E-state index in [0.717, 1.165) is 12.0 Å². The zero-order valence-electron chi connectivity index (χ0n) is 9.38. The third-order valence-corrected chi connectivity index (χ3v) is 2.69. The Hall–Kier alpha value is -1.74. The predicted octanol–water partition coefficient (Wildman–Crippen LogP) is 2.89. The van der Waals surface area contributed by atoms with Gasteiger partial charge < -0.3 is 5.11 Å². The van der Waals surface area contributed by atoms with Crippen LogP contribution in [-0.4, -0.2) is 10.1 Å². The van der Waals surface area contributed by atoms with E-state index in [9.17, 15) is 9.50 Å². The summed E-state index contributed by atoms with van der Waals surface area (Å²) in [5.41, 5.74) is 1.74. The van der Waals surface area contributed by atoms with E-state index in [1.807, 2.05) is 12.1 Å². The number of rotatable bonds is 4. The van der Waals surface area contributed by atoms with Gasteiger partial charge in [0, 0.05) is 12.4 Å². The van der Waals surface area contributed by atoms with Gasteiger partial charge in [0.1, 0.15) is 5.82 Å². The standard InChI is InChI=1S/C14H14FNO/c15-13-3-1-2-12(10-13)14(17)5-4-11-6-8-16-9-7-11/h1-3,6-10,14,17H,4-5H2. The fourth-order valence-corrected chi connectivity index (χ4v) is 1.73. The Morgan fingerprint density at radius 1 is 1.18 bits per heavy atom. The summed E-state index contributed by atoms with van der Waals surface area (Å²) in [6.07, 6.45) is 4.15. The first-order valence-electron chi connectivity index (χ1n) is 5.58. The maximum absolute atomic E-state index is 13.0. The molecule has 0 amide bonds. The summed E-state index contributed by atoms with van der Waals surface area (Å²) in [6.45, 7) is 0. The molecule has 1 unspecified atom stereocenters. The lowest BCUT2D eigenvalue weighted by molar-refractivity contribution is 0.167. The van der Waals surface area contributed by atoms with E-state index in [2.05, 4.69) is 4.98 Å². The molecular formula is C14H14FNO. The van der Waals surface area contributed by atoms with Gasteiger partial charge in [-0.3, -0.25) is 4.98 Å². The van der Waals surface area contributed by atoms with Crippen LogP contribution in [0.5, 0.6) is 0 Å². The van der Waals surface area contributed by atoms with Crippen molar-refractivity contribution in [2.45, 2.75) is 18.9 Å². The second-order valence-corrected chi connectivity index (χ2v) is 3.96. The Bertz CT molecular complexity index is 473. The molecule has 2 aromatic rings.